The molecule has 5 nitrogen and oxygen atoms in total. The second-order valence-corrected chi connectivity index (χ2v) is 6.95. The standard InChI is InChI=1S/C19H25N3O2.ClH/c1-13(20-2)18(23)22-10-8-19(9-11-22)17-15(7-12-24-19)14-5-3-4-6-16(14)21-17;/h3-6,13,20-21H,7-12H2,1-2H3;1H/t13-;/m0./s1. The van der Waals surface area contributed by atoms with Crippen molar-refractivity contribution in [3.8, 4) is 0 Å². The van der Waals surface area contributed by atoms with E-state index < -0.39 is 0 Å². The number of hydrogen-bond acceptors (Lipinski definition) is 3. The average molecular weight is 364 g/mol. The summed E-state index contributed by atoms with van der Waals surface area (Å²) >= 11 is 0. The normalized spacial score (nSPS) is 20.2. The van der Waals surface area contributed by atoms with Crippen molar-refractivity contribution in [1.82, 2.24) is 15.2 Å². The fraction of sp³-hybridized carbons (Fsp3) is 0.526. The molecule has 3 heterocycles. The number of amides is 1. The largest absolute Gasteiger partial charge is 0.368 e. The molecule has 0 unspecified atom stereocenters. The predicted molar refractivity (Wildman–Crippen MR) is 101 cm³/mol. The number of likely N-dealkylation sites (N-methyl/N-ethyl adjacent to an activating group) is 1. The first-order valence-electron chi connectivity index (χ1n) is 8.85. The molecule has 2 aromatic rings. The summed E-state index contributed by atoms with van der Waals surface area (Å²) in [6.45, 7) is 4.18. The smallest absolute Gasteiger partial charge is 0.239 e. The number of halogens is 1. The number of likely N-dealkylation sites (tertiary alicyclic amines) is 1. The molecular weight excluding hydrogens is 338 g/mol. The summed E-state index contributed by atoms with van der Waals surface area (Å²) in [5.41, 5.74) is 3.57. The van der Waals surface area contributed by atoms with Crippen LogP contribution < -0.4 is 5.32 Å². The molecule has 1 aromatic heterocycles. The lowest BCUT2D eigenvalue weighted by Crippen LogP contribution is -2.52. The number of para-hydroxylation sites is 1. The molecule has 0 radical (unpaired) electrons. The maximum absolute atomic E-state index is 12.4. The van der Waals surface area contributed by atoms with Crippen LogP contribution in [0.15, 0.2) is 24.3 Å². The number of hydrogen-bond donors (Lipinski definition) is 2. The molecule has 1 amide bonds. The van der Waals surface area contributed by atoms with Crippen molar-refractivity contribution in [3.05, 3.63) is 35.5 Å². The first-order chi connectivity index (χ1) is 11.6. The molecular formula is C19H26ClN3O2. The summed E-state index contributed by atoms with van der Waals surface area (Å²) in [7, 11) is 1.83. The van der Waals surface area contributed by atoms with Crippen LogP contribution in [-0.4, -0.2) is 48.6 Å². The molecule has 2 aliphatic heterocycles. The molecule has 25 heavy (non-hydrogen) atoms. The van der Waals surface area contributed by atoms with Gasteiger partial charge in [0.05, 0.1) is 18.3 Å². The summed E-state index contributed by atoms with van der Waals surface area (Å²) in [6, 6.07) is 8.36. The van der Waals surface area contributed by atoms with Crippen LogP contribution in [0, 0.1) is 0 Å². The van der Waals surface area contributed by atoms with Crippen LogP contribution in [0.25, 0.3) is 10.9 Å². The Morgan fingerprint density at radius 2 is 2.04 bits per heavy atom. The second kappa shape index (κ2) is 6.98. The highest BCUT2D eigenvalue weighted by molar-refractivity contribution is 5.86. The molecule has 1 spiro atoms. The van der Waals surface area contributed by atoms with Gasteiger partial charge in [-0.15, -0.1) is 12.4 Å². The van der Waals surface area contributed by atoms with E-state index >= 15 is 0 Å². The fourth-order valence-corrected chi connectivity index (χ4v) is 4.15. The maximum atomic E-state index is 12.4. The Balaban J connectivity index is 0.00000182. The van der Waals surface area contributed by atoms with Gasteiger partial charge in [0, 0.05) is 24.0 Å². The van der Waals surface area contributed by atoms with Crippen LogP contribution in [0.4, 0.5) is 0 Å². The number of piperidine rings is 1. The van der Waals surface area contributed by atoms with Crippen LogP contribution >= 0.6 is 12.4 Å². The summed E-state index contributed by atoms with van der Waals surface area (Å²) in [5, 5.41) is 4.35. The molecule has 2 N–H and O–H groups in total. The third kappa shape index (κ3) is 2.94. The molecule has 1 atom stereocenters. The van der Waals surface area contributed by atoms with Gasteiger partial charge in [-0.1, -0.05) is 18.2 Å². The monoisotopic (exact) mass is 363 g/mol. The van der Waals surface area contributed by atoms with Crippen LogP contribution in [0.5, 0.6) is 0 Å². The zero-order valence-electron chi connectivity index (χ0n) is 14.8. The zero-order valence-corrected chi connectivity index (χ0v) is 15.6. The van der Waals surface area contributed by atoms with Crippen LogP contribution in [0.2, 0.25) is 0 Å². The lowest BCUT2D eigenvalue weighted by atomic mass is 9.83. The Hall–Kier alpha value is -1.56. The van der Waals surface area contributed by atoms with E-state index in [-0.39, 0.29) is 30.0 Å². The lowest BCUT2D eigenvalue weighted by Gasteiger charge is -2.44. The van der Waals surface area contributed by atoms with Gasteiger partial charge >= 0.3 is 0 Å². The van der Waals surface area contributed by atoms with E-state index in [1.807, 2.05) is 18.9 Å². The van der Waals surface area contributed by atoms with Crippen LogP contribution in [-0.2, 0) is 21.6 Å². The fourth-order valence-electron chi connectivity index (χ4n) is 4.15. The molecule has 1 saturated heterocycles. The van der Waals surface area contributed by atoms with E-state index in [1.165, 1.54) is 22.2 Å². The molecule has 6 heteroatoms. The molecule has 0 bridgehead atoms. The minimum Gasteiger partial charge on any atom is -0.368 e. The van der Waals surface area contributed by atoms with Crippen molar-refractivity contribution in [3.63, 3.8) is 0 Å². The molecule has 0 saturated carbocycles. The molecule has 0 aliphatic carbocycles. The van der Waals surface area contributed by atoms with E-state index in [0.29, 0.717) is 0 Å². The van der Waals surface area contributed by atoms with Gasteiger partial charge in [0.25, 0.3) is 0 Å². The maximum Gasteiger partial charge on any atom is 0.239 e. The molecule has 1 aromatic carbocycles. The van der Waals surface area contributed by atoms with Crippen LogP contribution in [0.3, 0.4) is 0 Å². The van der Waals surface area contributed by atoms with Crippen molar-refractivity contribution in [2.45, 2.75) is 37.8 Å². The highest BCUT2D eigenvalue weighted by Gasteiger charge is 2.43. The zero-order chi connectivity index (χ0) is 16.7. The Morgan fingerprint density at radius 3 is 2.76 bits per heavy atom. The number of carbonyl (C=O) groups is 1. The summed E-state index contributed by atoms with van der Waals surface area (Å²) in [6.07, 6.45) is 2.67. The van der Waals surface area contributed by atoms with Gasteiger partial charge in [-0.3, -0.25) is 4.79 Å². The van der Waals surface area contributed by atoms with Crippen molar-refractivity contribution in [2.24, 2.45) is 0 Å². The second-order valence-electron chi connectivity index (χ2n) is 6.95. The topological polar surface area (TPSA) is 57.4 Å². The Morgan fingerprint density at radius 1 is 1.32 bits per heavy atom. The minimum atomic E-state index is -0.258. The lowest BCUT2D eigenvalue weighted by molar-refractivity contribution is -0.142. The van der Waals surface area contributed by atoms with Gasteiger partial charge in [-0.25, -0.2) is 0 Å². The molecule has 136 valence electrons. The van der Waals surface area contributed by atoms with Gasteiger partial charge in [-0.2, -0.15) is 0 Å². The van der Waals surface area contributed by atoms with E-state index in [2.05, 4.69) is 34.6 Å². The summed E-state index contributed by atoms with van der Waals surface area (Å²) < 4.78 is 6.29. The SMILES string of the molecule is CN[C@@H](C)C(=O)N1CCC2(CC1)OCCc1c2[nH]c2ccccc12.Cl. The van der Waals surface area contributed by atoms with Crippen molar-refractivity contribution in [2.75, 3.05) is 26.7 Å². The minimum absolute atomic E-state index is 0. The Kier molecular flexibility index (Phi) is 5.09. The van der Waals surface area contributed by atoms with E-state index in [4.69, 9.17) is 4.74 Å². The number of rotatable bonds is 2. The first kappa shape index (κ1) is 18.2. The van der Waals surface area contributed by atoms with Gasteiger partial charge in [-0.05, 0) is 44.9 Å². The molecule has 4 rings (SSSR count). The number of carbonyl (C=O) groups excluding carboxylic acids is 1. The number of H-pyrrole nitrogens is 1. The van der Waals surface area contributed by atoms with Gasteiger partial charge in [0.2, 0.25) is 5.91 Å². The quantitative estimate of drug-likeness (QED) is 0.862. The first-order valence-corrected chi connectivity index (χ1v) is 8.85. The number of benzene rings is 1. The van der Waals surface area contributed by atoms with E-state index in [0.717, 1.165) is 39.0 Å². The third-order valence-electron chi connectivity index (χ3n) is 5.69. The molecule has 1 fully saturated rings. The average Bonchev–Trinajstić information content (AvgIpc) is 3.02. The number of aromatic amines is 1. The van der Waals surface area contributed by atoms with Gasteiger partial charge in [0.15, 0.2) is 0 Å². The van der Waals surface area contributed by atoms with E-state index in [1.54, 1.807) is 0 Å². The van der Waals surface area contributed by atoms with Crippen molar-refractivity contribution < 1.29 is 9.53 Å². The number of ether oxygens (including phenoxy) is 1. The third-order valence-corrected chi connectivity index (χ3v) is 5.69. The number of nitrogens with zero attached hydrogens (tertiary/aromatic N) is 1. The summed E-state index contributed by atoms with van der Waals surface area (Å²) in [4.78, 5) is 18.0. The van der Waals surface area contributed by atoms with Crippen molar-refractivity contribution in [1.29, 1.82) is 0 Å². The van der Waals surface area contributed by atoms with Crippen molar-refractivity contribution >= 4 is 29.2 Å². The predicted octanol–water partition coefficient (Wildman–Crippen LogP) is 2.59. The highest BCUT2D eigenvalue weighted by atomic mass is 35.5. The van der Waals surface area contributed by atoms with Crippen LogP contribution in [0.1, 0.15) is 31.0 Å². The van der Waals surface area contributed by atoms with Gasteiger partial charge in [0.1, 0.15) is 5.60 Å². The molecule has 2 aliphatic rings. The van der Waals surface area contributed by atoms with E-state index in [9.17, 15) is 4.79 Å². The number of nitrogens with one attached hydrogen (secondary N) is 2. The Bertz CT molecular complexity index is 765. The summed E-state index contributed by atoms with van der Waals surface area (Å²) in [5.74, 6) is 0.181. The van der Waals surface area contributed by atoms with Gasteiger partial charge < -0.3 is 19.9 Å². The number of aromatic nitrogens is 1. The Labute approximate surface area is 154 Å². The highest BCUT2D eigenvalue weighted by Crippen LogP contribution is 2.43. The number of fused-ring (bicyclic) bond motifs is 4.